The molecular weight excluding hydrogens is 555 g/mol. The summed E-state index contributed by atoms with van der Waals surface area (Å²) in [5.74, 6) is 0.304. The van der Waals surface area contributed by atoms with Gasteiger partial charge in [-0.1, -0.05) is 65.1 Å². The largest absolute Gasteiger partial charge is 0.497 e. The second-order valence-corrected chi connectivity index (χ2v) is 9.50. The highest BCUT2D eigenvalue weighted by Gasteiger charge is 2.54. The Morgan fingerprint density at radius 3 is 2.52 bits per heavy atom. The molecule has 2 aliphatic heterocycles. The van der Waals surface area contributed by atoms with E-state index in [1.165, 1.54) is 4.90 Å². The number of rotatable bonds is 8. The molecule has 2 aliphatic rings. The van der Waals surface area contributed by atoms with Gasteiger partial charge in [-0.05, 0) is 28.8 Å². The van der Waals surface area contributed by atoms with Crippen LogP contribution in [-0.2, 0) is 32.1 Å². The molecule has 4 rings (SSSR count). The Hall–Kier alpha value is -2.53. The summed E-state index contributed by atoms with van der Waals surface area (Å²) in [5, 5.41) is 2.52. The van der Waals surface area contributed by atoms with E-state index in [0.29, 0.717) is 15.9 Å². The third kappa shape index (κ3) is 5.19. The summed E-state index contributed by atoms with van der Waals surface area (Å²) < 4.78 is 11.3. The number of nitrogens with one attached hydrogen (secondary N) is 1. The van der Waals surface area contributed by atoms with Crippen LogP contribution < -0.4 is 10.1 Å². The molecule has 0 radical (unpaired) electrons. The number of halogens is 1. The standard InChI is InChI=1S/C24H23IN2O5S/c1-31-18-9-7-16(8-10-18)13-32-24(30)21-17(12-25)14-33-23-20(22(29)27(21)23)26-19(28)11-15-5-3-2-4-6-15/h2-10,20,23H,11-14H2,1H3,(H,26,28)/t20-,23+/m1/s1. The fourth-order valence-electron chi connectivity index (χ4n) is 3.72. The predicted octanol–water partition coefficient (Wildman–Crippen LogP) is 3.07. The van der Waals surface area contributed by atoms with Crippen LogP contribution in [-0.4, -0.2) is 51.4 Å². The van der Waals surface area contributed by atoms with Gasteiger partial charge in [0.1, 0.15) is 29.5 Å². The lowest BCUT2D eigenvalue weighted by molar-refractivity contribution is -0.153. The number of fused-ring (bicyclic) bond motifs is 1. The molecule has 1 N–H and O–H groups in total. The number of amides is 2. The van der Waals surface area contributed by atoms with Gasteiger partial charge in [0.15, 0.2) is 0 Å². The molecule has 0 aliphatic carbocycles. The highest BCUT2D eigenvalue weighted by molar-refractivity contribution is 14.1. The van der Waals surface area contributed by atoms with Crippen molar-refractivity contribution >= 4 is 52.1 Å². The number of carbonyl (C=O) groups is 3. The first-order valence-electron chi connectivity index (χ1n) is 10.4. The smallest absolute Gasteiger partial charge is 0.355 e. The molecule has 2 amide bonds. The fourth-order valence-corrected chi connectivity index (χ4v) is 6.06. The molecule has 0 unspecified atom stereocenters. The minimum atomic E-state index is -0.647. The highest BCUT2D eigenvalue weighted by atomic mass is 127. The maximum Gasteiger partial charge on any atom is 0.355 e. The van der Waals surface area contributed by atoms with Crippen molar-refractivity contribution in [3.05, 3.63) is 77.0 Å². The summed E-state index contributed by atoms with van der Waals surface area (Å²) in [4.78, 5) is 39.9. The number of esters is 1. The van der Waals surface area contributed by atoms with E-state index >= 15 is 0 Å². The number of carbonyl (C=O) groups excluding carboxylic acids is 3. The first kappa shape index (κ1) is 23.6. The topological polar surface area (TPSA) is 84.9 Å². The van der Waals surface area contributed by atoms with Crippen molar-refractivity contribution in [3.63, 3.8) is 0 Å². The molecule has 2 heterocycles. The molecule has 2 aromatic rings. The van der Waals surface area contributed by atoms with Crippen molar-refractivity contribution in [1.29, 1.82) is 0 Å². The molecule has 0 saturated carbocycles. The molecule has 1 saturated heterocycles. The van der Waals surface area contributed by atoms with Gasteiger partial charge < -0.3 is 14.8 Å². The Morgan fingerprint density at radius 1 is 1.12 bits per heavy atom. The second-order valence-electron chi connectivity index (χ2n) is 7.63. The molecule has 0 aromatic heterocycles. The summed E-state index contributed by atoms with van der Waals surface area (Å²) in [6.45, 7) is 0.0952. The number of benzene rings is 2. The number of alkyl halides is 1. The molecule has 7 nitrogen and oxygen atoms in total. The quantitative estimate of drug-likeness (QED) is 0.225. The average molecular weight is 578 g/mol. The van der Waals surface area contributed by atoms with Crippen molar-refractivity contribution < 1.29 is 23.9 Å². The van der Waals surface area contributed by atoms with E-state index in [2.05, 4.69) is 27.9 Å². The van der Waals surface area contributed by atoms with E-state index in [4.69, 9.17) is 9.47 Å². The number of thioether (sulfide) groups is 1. The summed E-state index contributed by atoms with van der Waals surface area (Å²) in [7, 11) is 1.59. The molecule has 0 spiro atoms. The number of β-lactam (4-membered cyclic amide) rings is 1. The first-order valence-corrected chi connectivity index (χ1v) is 12.9. The van der Waals surface area contributed by atoms with Crippen LogP contribution in [0, 0.1) is 0 Å². The van der Waals surface area contributed by atoms with Crippen LogP contribution in [0.4, 0.5) is 0 Å². The van der Waals surface area contributed by atoms with E-state index in [1.807, 2.05) is 42.5 Å². The van der Waals surface area contributed by atoms with Gasteiger partial charge in [-0.3, -0.25) is 14.5 Å². The fraction of sp³-hybridized carbons (Fsp3) is 0.292. The van der Waals surface area contributed by atoms with Gasteiger partial charge in [-0.15, -0.1) is 11.8 Å². The Kier molecular flexibility index (Phi) is 7.59. The van der Waals surface area contributed by atoms with Crippen LogP contribution in [0.3, 0.4) is 0 Å². The lowest BCUT2D eigenvalue weighted by Gasteiger charge is -2.49. The Balaban J connectivity index is 1.41. The van der Waals surface area contributed by atoms with Crippen molar-refractivity contribution in [1.82, 2.24) is 10.2 Å². The van der Waals surface area contributed by atoms with Crippen molar-refractivity contribution in [3.8, 4) is 5.75 Å². The first-order chi connectivity index (χ1) is 16.0. The molecule has 2 aromatic carbocycles. The second kappa shape index (κ2) is 10.6. The van der Waals surface area contributed by atoms with Gasteiger partial charge in [-0.2, -0.15) is 0 Å². The number of nitrogens with zero attached hydrogens (tertiary/aromatic N) is 1. The van der Waals surface area contributed by atoms with Gasteiger partial charge in [0.05, 0.1) is 13.5 Å². The monoisotopic (exact) mass is 578 g/mol. The lowest BCUT2D eigenvalue weighted by Crippen LogP contribution is -2.70. The van der Waals surface area contributed by atoms with Crippen LogP contribution in [0.2, 0.25) is 0 Å². The number of hydrogen-bond acceptors (Lipinski definition) is 6. The Morgan fingerprint density at radius 2 is 1.85 bits per heavy atom. The molecule has 0 bridgehead atoms. The van der Waals surface area contributed by atoms with Gasteiger partial charge in [-0.25, -0.2) is 4.79 Å². The van der Waals surface area contributed by atoms with Crippen molar-refractivity contribution in [2.75, 3.05) is 17.3 Å². The van der Waals surface area contributed by atoms with Crippen LogP contribution in [0.1, 0.15) is 11.1 Å². The summed E-state index contributed by atoms with van der Waals surface area (Å²) >= 11 is 3.74. The normalized spacial score (nSPS) is 19.5. The van der Waals surface area contributed by atoms with Gasteiger partial charge in [0.25, 0.3) is 5.91 Å². The van der Waals surface area contributed by atoms with Crippen LogP contribution in [0.15, 0.2) is 65.9 Å². The minimum Gasteiger partial charge on any atom is -0.497 e. The van der Waals surface area contributed by atoms with Gasteiger partial charge in [0.2, 0.25) is 5.91 Å². The molecule has 1 fully saturated rings. The predicted molar refractivity (Wildman–Crippen MR) is 134 cm³/mol. The molecule has 9 heteroatoms. The van der Waals surface area contributed by atoms with Gasteiger partial charge in [0, 0.05) is 10.2 Å². The number of ether oxygens (including phenoxy) is 2. The maximum atomic E-state index is 13.0. The van der Waals surface area contributed by atoms with E-state index in [9.17, 15) is 14.4 Å². The summed E-state index contributed by atoms with van der Waals surface area (Å²) in [5.41, 5.74) is 2.87. The third-order valence-corrected chi connectivity index (χ3v) is 7.72. The molecule has 33 heavy (non-hydrogen) atoms. The SMILES string of the molecule is COc1ccc(COC(=O)C2=C(CI)CS[C@H]3[C@H](NC(=O)Cc4ccccc4)C(=O)N23)cc1. The highest BCUT2D eigenvalue weighted by Crippen LogP contribution is 2.41. The number of hydrogen-bond donors (Lipinski definition) is 1. The number of methoxy groups -OCH3 is 1. The van der Waals surface area contributed by atoms with Crippen molar-refractivity contribution in [2.45, 2.75) is 24.4 Å². The van der Waals surface area contributed by atoms with Crippen LogP contribution in [0.25, 0.3) is 0 Å². The third-order valence-electron chi connectivity index (χ3n) is 5.45. The molecule has 2 atom stereocenters. The summed E-state index contributed by atoms with van der Waals surface area (Å²) in [6, 6.07) is 16.0. The zero-order chi connectivity index (χ0) is 23.4. The lowest BCUT2D eigenvalue weighted by atomic mass is 10.0. The van der Waals surface area contributed by atoms with Crippen LogP contribution in [0.5, 0.6) is 5.75 Å². The Bertz CT molecular complexity index is 1070. The maximum absolute atomic E-state index is 13.0. The molecule has 172 valence electrons. The van der Waals surface area contributed by atoms with E-state index < -0.39 is 12.0 Å². The zero-order valence-corrected chi connectivity index (χ0v) is 20.9. The van der Waals surface area contributed by atoms with E-state index in [-0.39, 0.29) is 30.2 Å². The van der Waals surface area contributed by atoms with Crippen LogP contribution >= 0.6 is 34.4 Å². The van der Waals surface area contributed by atoms with Gasteiger partial charge >= 0.3 is 5.97 Å². The Labute approximate surface area is 210 Å². The summed E-state index contributed by atoms with van der Waals surface area (Å²) in [6.07, 6.45) is 0.202. The zero-order valence-electron chi connectivity index (χ0n) is 18.0. The molecular formula is C24H23IN2O5S. The van der Waals surface area contributed by atoms with Crippen molar-refractivity contribution in [2.24, 2.45) is 0 Å². The van der Waals surface area contributed by atoms with E-state index in [0.717, 1.165) is 22.4 Å². The minimum absolute atomic E-state index is 0.0952. The van der Waals surface area contributed by atoms with E-state index in [1.54, 1.807) is 31.0 Å². The average Bonchev–Trinajstić information content (AvgIpc) is 2.85.